The molecule has 30 heavy (non-hydrogen) atoms. The molecule has 2 amide bonds. The summed E-state index contributed by atoms with van der Waals surface area (Å²) in [6, 6.07) is 10.3. The SMILES string of the molecule is COc1ccc(C(C)=O)cc1CSCC(=O)NNC(=O)COc1ccc(Cl)c(C)c1. The topological polar surface area (TPSA) is 93.7 Å². The van der Waals surface area contributed by atoms with Crippen molar-refractivity contribution < 1.29 is 23.9 Å². The Labute approximate surface area is 184 Å². The van der Waals surface area contributed by atoms with Crippen molar-refractivity contribution in [2.45, 2.75) is 19.6 Å². The number of thioether (sulfide) groups is 1. The largest absolute Gasteiger partial charge is 0.496 e. The number of benzene rings is 2. The fraction of sp³-hybridized carbons (Fsp3) is 0.286. The number of amides is 2. The first-order valence-corrected chi connectivity index (χ1v) is 10.6. The molecule has 2 aromatic rings. The molecule has 0 aliphatic rings. The highest BCUT2D eigenvalue weighted by Crippen LogP contribution is 2.25. The Bertz CT molecular complexity index is 936. The van der Waals surface area contributed by atoms with Crippen LogP contribution in [0, 0.1) is 6.92 Å². The molecule has 0 saturated heterocycles. The third-order valence-corrected chi connectivity index (χ3v) is 5.42. The highest BCUT2D eigenvalue weighted by Gasteiger charge is 2.10. The number of hydrogen-bond donors (Lipinski definition) is 2. The van der Waals surface area contributed by atoms with Gasteiger partial charge in [-0.05, 0) is 55.8 Å². The van der Waals surface area contributed by atoms with Crippen molar-refractivity contribution in [1.82, 2.24) is 10.9 Å². The summed E-state index contributed by atoms with van der Waals surface area (Å²) in [5.41, 5.74) is 6.88. The lowest BCUT2D eigenvalue weighted by Gasteiger charge is -2.11. The first kappa shape index (κ1) is 23.6. The van der Waals surface area contributed by atoms with E-state index in [1.807, 2.05) is 6.92 Å². The van der Waals surface area contributed by atoms with Gasteiger partial charge in [-0.3, -0.25) is 25.2 Å². The van der Waals surface area contributed by atoms with E-state index in [2.05, 4.69) is 10.9 Å². The summed E-state index contributed by atoms with van der Waals surface area (Å²) in [4.78, 5) is 35.3. The molecule has 0 unspecified atom stereocenters. The number of Topliss-reactive ketones (excluding diaryl/α,β-unsaturated/α-hetero) is 1. The summed E-state index contributed by atoms with van der Waals surface area (Å²) < 4.78 is 10.7. The summed E-state index contributed by atoms with van der Waals surface area (Å²) in [5.74, 6) is 0.858. The van der Waals surface area contributed by atoms with Gasteiger partial charge in [0.15, 0.2) is 12.4 Å². The lowest BCUT2D eigenvalue weighted by atomic mass is 10.1. The van der Waals surface area contributed by atoms with Crippen LogP contribution in [0.4, 0.5) is 0 Å². The molecule has 0 radical (unpaired) electrons. The predicted molar refractivity (Wildman–Crippen MR) is 117 cm³/mol. The number of ketones is 1. The lowest BCUT2D eigenvalue weighted by molar-refractivity contribution is -0.128. The van der Waals surface area contributed by atoms with Gasteiger partial charge in [0.2, 0.25) is 5.91 Å². The average molecular weight is 451 g/mol. The third-order valence-electron chi connectivity index (χ3n) is 4.02. The zero-order chi connectivity index (χ0) is 22.1. The van der Waals surface area contributed by atoms with Crippen molar-refractivity contribution in [2.75, 3.05) is 19.5 Å². The Morgan fingerprint density at radius 1 is 1.07 bits per heavy atom. The average Bonchev–Trinajstić information content (AvgIpc) is 2.72. The number of halogens is 1. The van der Waals surface area contributed by atoms with Gasteiger partial charge >= 0.3 is 0 Å². The maximum atomic E-state index is 11.9. The minimum atomic E-state index is -0.489. The molecular weight excluding hydrogens is 428 g/mol. The van der Waals surface area contributed by atoms with Crippen LogP contribution in [0.2, 0.25) is 5.02 Å². The van der Waals surface area contributed by atoms with Gasteiger partial charge in [-0.1, -0.05) is 11.6 Å². The second-order valence-electron chi connectivity index (χ2n) is 6.37. The Balaban J connectivity index is 1.73. The lowest BCUT2D eigenvalue weighted by Crippen LogP contribution is -2.44. The van der Waals surface area contributed by atoms with Crippen molar-refractivity contribution in [1.29, 1.82) is 0 Å². The molecule has 0 heterocycles. The van der Waals surface area contributed by atoms with E-state index in [0.29, 0.717) is 27.8 Å². The van der Waals surface area contributed by atoms with Gasteiger partial charge in [0.05, 0.1) is 12.9 Å². The summed E-state index contributed by atoms with van der Waals surface area (Å²) in [6.45, 7) is 3.08. The minimum absolute atomic E-state index is 0.0414. The van der Waals surface area contributed by atoms with Crippen LogP contribution < -0.4 is 20.3 Å². The molecular formula is C21H23ClN2O5S. The van der Waals surface area contributed by atoms with E-state index >= 15 is 0 Å². The molecule has 9 heteroatoms. The summed E-state index contributed by atoms with van der Waals surface area (Å²) in [6.07, 6.45) is 0. The molecule has 0 bridgehead atoms. The molecule has 2 rings (SSSR count). The molecule has 0 atom stereocenters. The Morgan fingerprint density at radius 2 is 1.80 bits per heavy atom. The highest BCUT2D eigenvalue weighted by molar-refractivity contribution is 7.99. The standard InChI is InChI=1S/C21H23ClN2O5S/c1-13-8-17(5-6-18(13)22)29-10-20(26)23-24-21(27)12-30-11-16-9-15(14(2)25)4-7-19(16)28-3/h4-9H,10-12H2,1-3H3,(H,23,26)(H,24,27). The van der Waals surface area contributed by atoms with Crippen molar-refractivity contribution in [3.05, 3.63) is 58.1 Å². The number of rotatable bonds is 9. The van der Waals surface area contributed by atoms with E-state index in [1.165, 1.54) is 18.7 Å². The Hall–Kier alpha value is -2.71. The van der Waals surface area contributed by atoms with Crippen LogP contribution in [0.5, 0.6) is 11.5 Å². The Morgan fingerprint density at radius 3 is 2.47 bits per heavy atom. The van der Waals surface area contributed by atoms with Crippen molar-refractivity contribution in [3.63, 3.8) is 0 Å². The zero-order valence-electron chi connectivity index (χ0n) is 16.9. The maximum Gasteiger partial charge on any atom is 0.276 e. The monoisotopic (exact) mass is 450 g/mol. The van der Waals surface area contributed by atoms with Crippen molar-refractivity contribution in [2.24, 2.45) is 0 Å². The van der Waals surface area contributed by atoms with Crippen LogP contribution in [-0.4, -0.2) is 37.1 Å². The van der Waals surface area contributed by atoms with E-state index in [1.54, 1.807) is 43.5 Å². The van der Waals surface area contributed by atoms with E-state index in [4.69, 9.17) is 21.1 Å². The first-order chi connectivity index (χ1) is 14.3. The molecule has 0 fully saturated rings. The summed E-state index contributed by atoms with van der Waals surface area (Å²) in [5, 5.41) is 0.613. The number of carbonyl (C=O) groups is 3. The quantitative estimate of drug-likeness (QED) is 0.449. The molecule has 0 saturated carbocycles. The molecule has 0 spiro atoms. The van der Waals surface area contributed by atoms with Crippen molar-refractivity contribution >= 4 is 41.0 Å². The Kier molecular flexibility index (Phi) is 9.01. The van der Waals surface area contributed by atoms with Crippen LogP contribution in [0.3, 0.4) is 0 Å². The molecule has 0 aromatic heterocycles. The normalized spacial score (nSPS) is 10.3. The number of methoxy groups -OCH3 is 1. The van der Waals surface area contributed by atoms with Crippen molar-refractivity contribution in [3.8, 4) is 11.5 Å². The van der Waals surface area contributed by atoms with Gasteiger partial charge in [0.1, 0.15) is 11.5 Å². The number of hydrazine groups is 1. The first-order valence-electron chi connectivity index (χ1n) is 9.02. The second-order valence-corrected chi connectivity index (χ2v) is 7.76. The van der Waals surface area contributed by atoms with Crippen LogP contribution in [0.15, 0.2) is 36.4 Å². The van der Waals surface area contributed by atoms with Gasteiger partial charge in [0, 0.05) is 21.9 Å². The molecule has 160 valence electrons. The molecule has 2 N–H and O–H groups in total. The molecule has 0 aliphatic carbocycles. The van der Waals surface area contributed by atoms with Crippen LogP contribution in [-0.2, 0) is 15.3 Å². The summed E-state index contributed by atoms with van der Waals surface area (Å²) >= 11 is 7.27. The van der Waals surface area contributed by atoms with E-state index < -0.39 is 5.91 Å². The number of ether oxygens (including phenoxy) is 2. The number of carbonyl (C=O) groups excluding carboxylic acids is 3. The third kappa shape index (κ3) is 7.27. The van der Waals surface area contributed by atoms with E-state index in [9.17, 15) is 14.4 Å². The van der Waals surface area contributed by atoms with E-state index in [-0.39, 0.29) is 24.1 Å². The molecule has 2 aromatic carbocycles. The predicted octanol–water partition coefficient (Wildman–Crippen LogP) is 3.32. The van der Waals surface area contributed by atoms with Gasteiger partial charge in [0.25, 0.3) is 5.91 Å². The van der Waals surface area contributed by atoms with E-state index in [0.717, 1.165) is 11.1 Å². The van der Waals surface area contributed by atoms with Gasteiger partial charge in [-0.25, -0.2) is 0 Å². The van der Waals surface area contributed by atoms with Gasteiger partial charge in [-0.2, -0.15) is 0 Å². The van der Waals surface area contributed by atoms with Crippen LogP contribution in [0.1, 0.15) is 28.4 Å². The van der Waals surface area contributed by atoms with Gasteiger partial charge in [-0.15, -0.1) is 11.8 Å². The number of aryl methyl sites for hydroxylation is 1. The second kappa shape index (κ2) is 11.5. The van der Waals surface area contributed by atoms with Crippen LogP contribution in [0.25, 0.3) is 0 Å². The highest BCUT2D eigenvalue weighted by atomic mass is 35.5. The van der Waals surface area contributed by atoms with Gasteiger partial charge < -0.3 is 9.47 Å². The molecule has 0 aliphatic heterocycles. The maximum absolute atomic E-state index is 11.9. The molecule has 7 nitrogen and oxygen atoms in total. The number of hydrogen-bond acceptors (Lipinski definition) is 6. The fourth-order valence-electron chi connectivity index (χ4n) is 2.43. The smallest absolute Gasteiger partial charge is 0.276 e. The van der Waals surface area contributed by atoms with Crippen LogP contribution >= 0.6 is 23.4 Å². The minimum Gasteiger partial charge on any atom is -0.496 e. The zero-order valence-corrected chi connectivity index (χ0v) is 18.5. The summed E-state index contributed by atoms with van der Waals surface area (Å²) in [7, 11) is 1.55. The fourth-order valence-corrected chi connectivity index (χ4v) is 3.35. The number of nitrogens with one attached hydrogen (secondary N) is 2.